The zero-order valence-electron chi connectivity index (χ0n) is 11.5. The van der Waals surface area contributed by atoms with Crippen LogP contribution in [0.1, 0.15) is 51.1 Å². The van der Waals surface area contributed by atoms with Crippen LogP contribution in [-0.2, 0) is 4.74 Å². The van der Waals surface area contributed by atoms with Crippen molar-refractivity contribution < 1.29 is 4.74 Å². The highest BCUT2D eigenvalue weighted by Crippen LogP contribution is 2.23. The highest BCUT2D eigenvalue weighted by atomic mass is 16.5. The fourth-order valence-electron chi connectivity index (χ4n) is 2.42. The number of hydrogen-bond acceptors (Lipinski definition) is 4. The van der Waals surface area contributed by atoms with Gasteiger partial charge in [-0.25, -0.2) is 9.97 Å². The highest BCUT2D eigenvalue weighted by Gasteiger charge is 2.20. The van der Waals surface area contributed by atoms with Crippen LogP contribution < -0.4 is 5.32 Å². The minimum Gasteiger partial charge on any atom is -0.381 e. The Labute approximate surface area is 109 Å². The molecule has 0 aliphatic heterocycles. The van der Waals surface area contributed by atoms with Crippen LogP contribution in [0.15, 0.2) is 12.4 Å². The SMILES string of the molecule is COC1CCC(Nc2cc(C(C)C)ncn2)CC1. The molecule has 1 heterocycles. The first-order valence-electron chi connectivity index (χ1n) is 6.80. The molecule has 1 fully saturated rings. The summed E-state index contributed by atoms with van der Waals surface area (Å²) in [5, 5.41) is 3.51. The molecule has 0 amide bonds. The lowest BCUT2D eigenvalue weighted by Crippen LogP contribution is -2.29. The van der Waals surface area contributed by atoms with Crippen molar-refractivity contribution in [1.82, 2.24) is 9.97 Å². The van der Waals surface area contributed by atoms with Gasteiger partial charge < -0.3 is 10.1 Å². The summed E-state index contributed by atoms with van der Waals surface area (Å²) in [6.45, 7) is 4.30. The number of aromatic nitrogens is 2. The zero-order chi connectivity index (χ0) is 13.0. The predicted molar refractivity (Wildman–Crippen MR) is 72.8 cm³/mol. The molecule has 4 heteroatoms. The van der Waals surface area contributed by atoms with Crippen LogP contribution in [0, 0.1) is 0 Å². The van der Waals surface area contributed by atoms with E-state index in [0.717, 1.165) is 37.2 Å². The molecule has 0 bridgehead atoms. The van der Waals surface area contributed by atoms with Crippen molar-refractivity contribution in [2.24, 2.45) is 0 Å². The molecular formula is C14H23N3O. The van der Waals surface area contributed by atoms with Crippen LogP contribution in [0.2, 0.25) is 0 Å². The largest absolute Gasteiger partial charge is 0.381 e. The Balaban J connectivity index is 1.92. The van der Waals surface area contributed by atoms with Crippen molar-refractivity contribution >= 4 is 5.82 Å². The van der Waals surface area contributed by atoms with Gasteiger partial charge in [-0.05, 0) is 31.6 Å². The Morgan fingerprint density at radius 3 is 2.56 bits per heavy atom. The smallest absolute Gasteiger partial charge is 0.129 e. The van der Waals surface area contributed by atoms with Gasteiger partial charge in [-0.3, -0.25) is 0 Å². The summed E-state index contributed by atoms with van der Waals surface area (Å²) >= 11 is 0. The third kappa shape index (κ3) is 3.42. The van der Waals surface area contributed by atoms with Gasteiger partial charge in [-0.2, -0.15) is 0 Å². The van der Waals surface area contributed by atoms with Crippen LogP contribution in [0.25, 0.3) is 0 Å². The van der Waals surface area contributed by atoms with Crippen LogP contribution >= 0.6 is 0 Å². The Kier molecular flexibility index (Phi) is 4.53. The van der Waals surface area contributed by atoms with Gasteiger partial charge >= 0.3 is 0 Å². The first-order chi connectivity index (χ1) is 8.69. The quantitative estimate of drug-likeness (QED) is 0.891. The van der Waals surface area contributed by atoms with Crippen molar-refractivity contribution in [3.8, 4) is 0 Å². The summed E-state index contributed by atoms with van der Waals surface area (Å²) in [6, 6.07) is 2.58. The number of nitrogens with one attached hydrogen (secondary N) is 1. The number of nitrogens with zero attached hydrogens (tertiary/aromatic N) is 2. The molecule has 4 nitrogen and oxygen atoms in total. The van der Waals surface area contributed by atoms with E-state index in [1.165, 1.54) is 0 Å². The van der Waals surface area contributed by atoms with Gasteiger partial charge in [0.05, 0.1) is 6.10 Å². The van der Waals surface area contributed by atoms with Crippen molar-refractivity contribution in [3.05, 3.63) is 18.1 Å². The molecule has 0 atom stereocenters. The normalized spacial score (nSPS) is 24.2. The van der Waals surface area contributed by atoms with E-state index in [0.29, 0.717) is 18.1 Å². The van der Waals surface area contributed by atoms with E-state index in [1.54, 1.807) is 13.4 Å². The minimum atomic E-state index is 0.442. The maximum atomic E-state index is 5.39. The van der Waals surface area contributed by atoms with E-state index >= 15 is 0 Å². The fourth-order valence-corrected chi connectivity index (χ4v) is 2.42. The summed E-state index contributed by atoms with van der Waals surface area (Å²) in [5.74, 6) is 1.40. The maximum Gasteiger partial charge on any atom is 0.129 e. The van der Waals surface area contributed by atoms with Gasteiger partial charge in [0.2, 0.25) is 0 Å². The molecule has 1 aliphatic rings. The lowest BCUT2D eigenvalue weighted by Gasteiger charge is -2.28. The van der Waals surface area contributed by atoms with E-state index in [1.807, 2.05) is 0 Å². The number of anilines is 1. The first-order valence-corrected chi connectivity index (χ1v) is 6.80. The van der Waals surface area contributed by atoms with Crippen LogP contribution in [0.4, 0.5) is 5.82 Å². The summed E-state index contributed by atoms with van der Waals surface area (Å²) in [7, 11) is 1.80. The molecule has 0 saturated heterocycles. The molecular weight excluding hydrogens is 226 g/mol. The summed E-state index contributed by atoms with van der Waals surface area (Å²) in [4.78, 5) is 8.59. The van der Waals surface area contributed by atoms with Crippen LogP contribution in [0.5, 0.6) is 0 Å². The molecule has 0 unspecified atom stereocenters. The zero-order valence-corrected chi connectivity index (χ0v) is 11.5. The van der Waals surface area contributed by atoms with Crippen molar-refractivity contribution in [2.75, 3.05) is 12.4 Å². The molecule has 2 rings (SSSR count). The average molecular weight is 249 g/mol. The number of methoxy groups -OCH3 is 1. The number of ether oxygens (including phenoxy) is 1. The molecule has 0 radical (unpaired) electrons. The van der Waals surface area contributed by atoms with Gasteiger partial charge in [0.15, 0.2) is 0 Å². The van der Waals surface area contributed by atoms with E-state index in [2.05, 4.69) is 35.2 Å². The molecule has 0 aromatic carbocycles. The molecule has 1 N–H and O–H groups in total. The lowest BCUT2D eigenvalue weighted by atomic mass is 9.93. The van der Waals surface area contributed by atoms with Crippen molar-refractivity contribution in [3.63, 3.8) is 0 Å². The lowest BCUT2D eigenvalue weighted by molar-refractivity contribution is 0.0681. The first kappa shape index (κ1) is 13.3. The molecule has 1 saturated carbocycles. The van der Waals surface area contributed by atoms with Gasteiger partial charge in [-0.15, -0.1) is 0 Å². The Morgan fingerprint density at radius 2 is 1.94 bits per heavy atom. The molecule has 100 valence electrons. The van der Waals surface area contributed by atoms with Gasteiger partial charge in [-0.1, -0.05) is 13.8 Å². The second-order valence-electron chi connectivity index (χ2n) is 5.34. The van der Waals surface area contributed by atoms with E-state index in [4.69, 9.17) is 4.74 Å². The molecule has 1 aromatic rings. The van der Waals surface area contributed by atoms with E-state index in [-0.39, 0.29) is 0 Å². The Hall–Kier alpha value is -1.16. The molecule has 1 aliphatic carbocycles. The Bertz CT molecular complexity index is 373. The van der Waals surface area contributed by atoms with Crippen molar-refractivity contribution in [1.29, 1.82) is 0 Å². The summed E-state index contributed by atoms with van der Waals surface area (Å²) < 4.78 is 5.39. The van der Waals surface area contributed by atoms with Crippen molar-refractivity contribution in [2.45, 2.75) is 57.6 Å². The number of rotatable bonds is 4. The monoisotopic (exact) mass is 249 g/mol. The third-order valence-corrected chi connectivity index (χ3v) is 3.64. The number of hydrogen-bond donors (Lipinski definition) is 1. The second kappa shape index (κ2) is 6.14. The van der Waals surface area contributed by atoms with E-state index in [9.17, 15) is 0 Å². The van der Waals surface area contributed by atoms with E-state index < -0.39 is 0 Å². The van der Waals surface area contributed by atoms with Crippen LogP contribution in [-0.4, -0.2) is 29.2 Å². The van der Waals surface area contributed by atoms with Gasteiger partial charge in [0, 0.05) is 24.9 Å². The molecule has 1 aromatic heterocycles. The second-order valence-corrected chi connectivity index (χ2v) is 5.34. The average Bonchev–Trinajstić information content (AvgIpc) is 2.40. The van der Waals surface area contributed by atoms with Crippen LogP contribution in [0.3, 0.4) is 0 Å². The topological polar surface area (TPSA) is 47.0 Å². The minimum absolute atomic E-state index is 0.442. The molecule has 0 spiro atoms. The van der Waals surface area contributed by atoms with Gasteiger partial charge in [0.25, 0.3) is 0 Å². The molecule has 18 heavy (non-hydrogen) atoms. The maximum absolute atomic E-state index is 5.39. The summed E-state index contributed by atoms with van der Waals surface area (Å²) in [6.07, 6.45) is 6.67. The van der Waals surface area contributed by atoms with Gasteiger partial charge in [0.1, 0.15) is 12.1 Å². The highest BCUT2D eigenvalue weighted by molar-refractivity contribution is 5.36. The standard InChI is InChI=1S/C14H23N3O/c1-10(2)13-8-14(16-9-15-13)17-11-4-6-12(18-3)7-5-11/h8-12H,4-7H2,1-3H3,(H,15,16,17). The fraction of sp³-hybridized carbons (Fsp3) is 0.714. The predicted octanol–water partition coefficient (Wildman–Crippen LogP) is 2.97. The summed E-state index contributed by atoms with van der Waals surface area (Å²) in [5.41, 5.74) is 1.10. The third-order valence-electron chi connectivity index (χ3n) is 3.64. The Morgan fingerprint density at radius 1 is 1.22 bits per heavy atom.